The normalized spacial score (nSPS) is 11.5. The SMILES string of the molecule is Cc1cc(-c2cccc(NS(=O)(=O)c3ccc(C)c(C)c3)c2)n[nH]1. The highest BCUT2D eigenvalue weighted by Crippen LogP contribution is 2.24. The molecule has 0 saturated carbocycles. The first kappa shape index (κ1) is 16.3. The molecule has 0 radical (unpaired) electrons. The minimum atomic E-state index is -3.62. The third-order valence-corrected chi connectivity index (χ3v) is 5.28. The highest BCUT2D eigenvalue weighted by Gasteiger charge is 2.15. The molecule has 0 aliphatic heterocycles. The van der Waals surface area contributed by atoms with Crippen LogP contribution in [0, 0.1) is 20.8 Å². The first-order valence-electron chi connectivity index (χ1n) is 7.58. The number of aromatic nitrogens is 2. The Hall–Kier alpha value is -2.60. The van der Waals surface area contributed by atoms with Crippen LogP contribution in [0.5, 0.6) is 0 Å². The number of rotatable bonds is 4. The van der Waals surface area contributed by atoms with E-state index in [-0.39, 0.29) is 4.90 Å². The van der Waals surface area contributed by atoms with Crippen molar-refractivity contribution in [1.82, 2.24) is 10.2 Å². The second-order valence-electron chi connectivity index (χ2n) is 5.87. The van der Waals surface area contributed by atoms with Gasteiger partial charge in [0.15, 0.2) is 0 Å². The van der Waals surface area contributed by atoms with Gasteiger partial charge >= 0.3 is 0 Å². The highest BCUT2D eigenvalue weighted by atomic mass is 32.2. The van der Waals surface area contributed by atoms with Gasteiger partial charge in [0, 0.05) is 16.9 Å². The third-order valence-electron chi connectivity index (χ3n) is 3.91. The number of sulfonamides is 1. The molecule has 24 heavy (non-hydrogen) atoms. The fourth-order valence-electron chi connectivity index (χ4n) is 2.40. The second-order valence-corrected chi connectivity index (χ2v) is 7.55. The Morgan fingerprint density at radius 2 is 1.75 bits per heavy atom. The van der Waals surface area contributed by atoms with Crippen molar-refractivity contribution in [2.45, 2.75) is 25.7 Å². The Balaban J connectivity index is 1.91. The molecule has 0 unspecified atom stereocenters. The predicted molar refractivity (Wildman–Crippen MR) is 95.5 cm³/mol. The fourth-order valence-corrected chi connectivity index (χ4v) is 3.54. The summed E-state index contributed by atoms with van der Waals surface area (Å²) in [5.74, 6) is 0. The first-order chi connectivity index (χ1) is 11.3. The van der Waals surface area contributed by atoms with Gasteiger partial charge in [0.05, 0.1) is 10.6 Å². The van der Waals surface area contributed by atoms with E-state index in [1.807, 2.05) is 39.0 Å². The molecular formula is C18H19N3O2S. The van der Waals surface area contributed by atoms with Gasteiger partial charge in [0.2, 0.25) is 0 Å². The quantitative estimate of drug-likeness (QED) is 0.758. The molecule has 3 rings (SSSR count). The summed E-state index contributed by atoms with van der Waals surface area (Å²) in [7, 11) is -3.62. The largest absolute Gasteiger partial charge is 0.282 e. The van der Waals surface area contributed by atoms with E-state index in [0.29, 0.717) is 5.69 Å². The van der Waals surface area contributed by atoms with Gasteiger partial charge in [-0.05, 0) is 62.2 Å². The summed E-state index contributed by atoms with van der Waals surface area (Å²) >= 11 is 0. The van der Waals surface area contributed by atoms with Crippen LogP contribution in [0.2, 0.25) is 0 Å². The maximum Gasteiger partial charge on any atom is 0.261 e. The minimum Gasteiger partial charge on any atom is -0.282 e. The smallest absolute Gasteiger partial charge is 0.261 e. The van der Waals surface area contributed by atoms with E-state index in [1.165, 1.54) is 0 Å². The molecule has 0 saturated heterocycles. The van der Waals surface area contributed by atoms with Crippen molar-refractivity contribution in [3.63, 3.8) is 0 Å². The molecule has 2 N–H and O–H groups in total. The van der Waals surface area contributed by atoms with Crippen LogP contribution in [0.25, 0.3) is 11.3 Å². The number of benzene rings is 2. The maximum atomic E-state index is 12.6. The van der Waals surface area contributed by atoms with E-state index in [2.05, 4.69) is 14.9 Å². The molecular weight excluding hydrogens is 322 g/mol. The summed E-state index contributed by atoms with van der Waals surface area (Å²) in [6.07, 6.45) is 0. The van der Waals surface area contributed by atoms with Crippen molar-refractivity contribution in [2.24, 2.45) is 0 Å². The average molecular weight is 341 g/mol. The summed E-state index contributed by atoms with van der Waals surface area (Å²) in [6, 6.07) is 14.2. The Bertz CT molecular complexity index is 991. The summed E-state index contributed by atoms with van der Waals surface area (Å²) in [5.41, 5.74) is 5.08. The topological polar surface area (TPSA) is 74.8 Å². The van der Waals surface area contributed by atoms with E-state index in [0.717, 1.165) is 28.1 Å². The summed E-state index contributed by atoms with van der Waals surface area (Å²) in [4.78, 5) is 0.256. The molecule has 1 aromatic heterocycles. The van der Waals surface area contributed by atoms with Crippen LogP contribution in [0.3, 0.4) is 0 Å². The highest BCUT2D eigenvalue weighted by molar-refractivity contribution is 7.92. The first-order valence-corrected chi connectivity index (χ1v) is 9.06. The Labute approximate surface area is 141 Å². The number of anilines is 1. The van der Waals surface area contributed by atoms with Gasteiger partial charge in [-0.25, -0.2) is 8.42 Å². The van der Waals surface area contributed by atoms with Crippen molar-refractivity contribution in [1.29, 1.82) is 0 Å². The molecule has 0 aliphatic rings. The van der Waals surface area contributed by atoms with Gasteiger partial charge in [0.25, 0.3) is 10.0 Å². The van der Waals surface area contributed by atoms with Gasteiger partial charge in [-0.1, -0.05) is 18.2 Å². The lowest BCUT2D eigenvalue weighted by Crippen LogP contribution is -2.13. The molecule has 2 aromatic carbocycles. The standard InChI is InChI=1S/C18H19N3O2S/c1-12-7-8-17(9-13(12)2)24(22,23)21-16-6-4-5-15(11-16)18-10-14(3)19-20-18/h4-11,21H,1-3H3,(H,19,20). The van der Waals surface area contributed by atoms with Crippen LogP contribution in [-0.2, 0) is 10.0 Å². The number of aryl methyl sites for hydroxylation is 3. The molecule has 6 heteroatoms. The molecule has 3 aromatic rings. The number of nitrogens with zero attached hydrogens (tertiary/aromatic N) is 1. The van der Waals surface area contributed by atoms with Crippen molar-refractivity contribution in [3.05, 3.63) is 65.4 Å². The van der Waals surface area contributed by atoms with Crippen LogP contribution in [0.1, 0.15) is 16.8 Å². The van der Waals surface area contributed by atoms with Crippen LogP contribution in [0.15, 0.2) is 53.4 Å². The number of aromatic amines is 1. The number of hydrogen-bond donors (Lipinski definition) is 2. The van der Waals surface area contributed by atoms with Crippen molar-refractivity contribution >= 4 is 15.7 Å². The van der Waals surface area contributed by atoms with E-state index in [1.54, 1.807) is 30.3 Å². The lowest BCUT2D eigenvalue weighted by Gasteiger charge is -2.10. The average Bonchev–Trinajstić information content (AvgIpc) is 2.96. The van der Waals surface area contributed by atoms with E-state index < -0.39 is 10.0 Å². The van der Waals surface area contributed by atoms with Crippen LogP contribution >= 0.6 is 0 Å². The fraction of sp³-hybridized carbons (Fsp3) is 0.167. The molecule has 124 valence electrons. The van der Waals surface area contributed by atoms with E-state index >= 15 is 0 Å². The molecule has 0 aliphatic carbocycles. The predicted octanol–water partition coefficient (Wildman–Crippen LogP) is 3.80. The molecule has 0 amide bonds. The van der Waals surface area contributed by atoms with Crippen molar-refractivity contribution in [2.75, 3.05) is 4.72 Å². The lowest BCUT2D eigenvalue weighted by atomic mass is 10.1. The zero-order valence-electron chi connectivity index (χ0n) is 13.8. The lowest BCUT2D eigenvalue weighted by molar-refractivity contribution is 0.601. The zero-order chi connectivity index (χ0) is 17.3. The monoisotopic (exact) mass is 341 g/mol. The van der Waals surface area contributed by atoms with Gasteiger partial charge in [-0.3, -0.25) is 9.82 Å². The number of H-pyrrole nitrogens is 1. The summed E-state index contributed by atoms with van der Waals surface area (Å²) in [5, 5.41) is 7.08. The number of hydrogen-bond acceptors (Lipinski definition) is 3. The summed E-state index contributed by atoms with van der Waals surface area (Å²) < 4.78 is 27.8. The van der Waals surface area contributed by atoms with Crippen molar-refractivity contribution < 1.29 is 8.42 Å². The van der Waals surface area contributed by atoms with Gasteiger partial charge in [-0.15, -0.1) is 0 Å². The second kappa shape index (κ2) is 6.13. The molecule has 0 atom stereocenters. The number of nitrogens with one attached hydrogen (secondary N) is 2. The van der Waals surface area contributed by atoms with Crippen LogP contribution < -0.4 is 4.72 Å². The molecule has 1 heterocycles. The minimum absolute atomic E-state index is 0.256. The van der Waals surface area contributed by atoms with E-state index in [9.17, 15) is 8.42 Å². The van der Waals surface area contributed by atoms with Gasteiger partial charge in [-0.2, -0.15) is 5.10 Å². The molecule has 0 bridgehead atoms. The third kappa shape index (κ3) is 3.33. The van der Waals surface area contributed by atoms with Gasteiger partial charge in [0.1, 0.15) is 0 Å². The Kier molecular flexibility index (Phi) is 4.15. The van der Waals surface area contributed by atoms with Crippen molar-refractivity contribution in [3.8, 4) is 11.3 Å². The zero-order valence-corrected chi connectivity index (χ0v) is 14.6. The Morgan fingerprint density at radius 3 is 2.42 bits per heavy atom. The Morgan fingerprint density at radius 1 is 0.958 bits per heavy atom. The van der Waals surface area contributed by atoms with Crippen LogP contribution in [0.4, 0.5) is 5.69 Å². The summed E-state index contributed by atoms with van der Waals surface area (Å²) in [6.45, 7) is 5.77. The molecule has 0 fully saturated rings. The van der Waals surface area contributed by atoms with Crippen LogP contribution in [-0.4, -0.2) is 18.6 Å². The molecule has 0 spiro atoms. The van der Waals surface area contributed by atoms with E-state index in [4.69, 9.17) is 0 Å². The maximum absolute atomic E-state index is 12.6. The van der Waals surface area contributed by atoms with Gasteiger partial charge < -0.3 is 0 Å². The molecule has 5 nitrogen and oxygen atoms in total.